The van der Waals surface area contributed by atoms with Gasteiger partial charge in [-0.05, 0) is 17.7 Å². The molecule has 1 heterocycles. The minimum atomic E-state index is -0.396. The zero-order chi connectivity index (χ0) is 13.1. The first-order chi connectivity index (χ1) is 8.63. The molecule has 2 N–H and O–H groups in total. The van der Waals surface area contributed by atoms with Gasteiger partial charge in [0.25, 0.3) is 5.91 Å². The molecular formula is C13H18N2O3. The molecule has 0 aromatic heterocycles. The molecule has 5 nitrogen and oxygen atoms in total. The van der Waals surface area contributed by atoms with E-state index in [1.54, 1.807) is 25.1 Å². The molecular weight excluding hydrogens is 232 g/mol. The van der Waals surface area contributed by atoms with Crippen LogP contribution in [0.3, 0.4) is 0 Å². The van der Waals surface area contributed by atoms with Crippen LogP contribution in [0.1, 0.15) is 12.0 Å². The molecule has 18 heavy (non-hydrogen) atoms. The van der Waals surface area contributed by atoms with Crippen LogP contribution in [0.5, 0.6) is 11.5 Å². The summed E-state index contributed by atoms with van der Waals surface area (Å²) in [6.07, 6.45) is 0.317. The molecule has 0 saturated carbocycles. The fourth-order valence-corrected chi connectivity index (χ4v) is 2.00. The van der Waals surface area contributed by atoms with Crippen molar-refractivity contribution in [3.8, 4) is 11.5 Å². The monoisotopic (exact) mass is 250 g/mol. The number of methoxy groups -OCH3 is 1. The van der Waals surface area contributed by atoms with Crippen molar-refractivity contribution in [2.24, 2.45) is 5.73 Å². The van der Waals surface area contributed by atoms with Crippen LogP contribution in [0.4, 0.5) is 0 Å². The third-order valence-electron chi connectivity index (χ3n) is 3.07. The third kappa shape index (κ3) is 2.56. The number of nitrogens with zero attached hydrogens (tertiary/aromatic N) is 1. The largest absolute Gasteiger partial charge is 0.497 e. The standard InChI is InChI=1S/C13H18N2O3/c1-15-4-3-12(13(15)16)18-11-6-9(8-14)5-10(7-11)17-2/h5-7,12H,3-4,8,14H2,1-2H3. The molecule has 1 unspecified atom stereocenters. The second-order valence-electron chi connectivity index (χ2n) is 4.38. The van der Waals surface area contributed by atoms with E-state index in [-0.39, 0.29) is 5.91 Å². The number of likely N-dealkylation sites (N-methyl/N-ethyl adjacent to an activating group) is 1. The predicted octanol–water partition coefficient (Wildman–Crippen LogP) is 0.763. The Kier molecular flexibility index (Phi) is 3.72. The molecule has 98 valence electrons. The Bertz CT molecular complexity index is 426. The molecule has 1 atom stereocenters. The van der Waals surface area contributed by atoms with E-state index in [9.17, 15) is 4.79 Å². The van der Waals surface area contributed by atoms with Gasteiger partial charge < -0.3 is 20.1 Å². The summed E-state index contributed by atoms with van der Waals surface area (Å²) in [5.41, 5.74) is 6.53. The van der Waals surface area contributed by atoms with E-state index in [1.807, 2.05) is 12.1 Å². The normalized spacial score (nSPS) is 19.2. The second kappa shape index (κ2) is 5.27. The first-order valence-corrected chi connectivity index (χ1v) is 5.93. The fraction of sp³-hybridized carbons (Fsp3) is 0.462. The van der Waals surface area contributed by atoms with Crippen molar-refractivity contribution in [3.63, 3.8) is 0 Å². The number of rotatable bonds is 4. The summed E-state index contributed by atoms with van der Waals surface area (Å²) in [5.74, 6) is 1.34. The van der Waals surface area contributed by atoms with Gasteiger partial charge in [-0.3, -0.25) is 4.79 Å². The summed E-state index contributed by atoms with van der Waals surface area (Å²) in [4.78, 5) is 13.4. The zero-order valence-corrected chi connectivity index (χ0v) is 10.7. The number of hydrogen-bond acceptors (Lipinski definition) is 4. The SMILES string of the molecule is COc1cc(CN)cc(OC2CCN(C)C2=O)c1. The topological polar surface area (TPSA) is 64.8 Å². The van der Waals surface area contributed by atoms with Crippen molar-refractivity contribution < 1.29 is 14.3 Å². The van der Waals surface area contributed by atoms with Crippen molar-refractivity contribution in [2.45, 2.75) is 19.1 Å². The van der Waals surface area contributed by atoms with E-state index < -0.39 is 6.10 Å². The van der Waals surface area contributed by atoms with Gasteiger partial charge in [0.05, 0.1) is 7.11 Å². The van der Waals surface area contributed by atoms with Crippen LogP contribution in [-0.4, -0.2) is 37.6 Å². The number of carbonyl (C=O) groups excluding carboxylic acids is 1. The highest BCUT2D eigenvalue weighted by atomic mass is 16.5. The van der Waals surface area contributed by atoms with Crippen molar-refractivity contribution in [2.75, 3.05) is 20.7 Å². The Balaban J connectivity index is 2.16. The zero-order valence-electron chi connectivity index (χ0n) is 10.7. The lowest BCUT2D eigenvalue weighted by molar-refractivity contribution is -0.132. The summed E-state index contributed by atoms with van der Waals surface area (Å²) >= 11 is 0. The molecule has 0 bridgehead atoms. The minimum absolute atomic E-state index is 0.0205. The van der Waals surface area contributed by atoms with E-state index in [4.69, 9.17) is 15.2 Å². The van der Waals surface area contributed by atoms with Crippen LogP contribution in [0.25, 0.3) is 0 Å². The maximum atomic E-state index is 11.8. The number of amides is 1. The van der Waals surface area contributed by atoms with Crippen molar-refractivity contribution in [1.29, 1.82) is 0 Å². The van der Waals surface area contributed by atoms with Gasteiger partial charge in [-0.2, -0.15) is 0 Å². The Hall–Kier alpha value is -1.75. The fourth-order valence-electron chi connectivity index (χ4n) is 2.00. The van der Waals surface area contributed by atoms with E-state index in [0.29, 0.717) is 24.5 Å². The van der Waals surface area contributed by atoms with Crippen LogP contribution >= 0.6 is 0 Å². The number of benzene rings is 1. The number of nitrogens with two attached hydrogens (primary N) is 1. The van der Waals surface area contributed by atoms with Crippen LogP contribution in [0, 0.1) is 0 Å². The van der Waals surface area contributed by atoms with Crippen molar-refractivity contribution in [1.82, 2.24) is 4.90 Å². The van der Waals surface area contributed by atoms with Crippen LogP contribution < -0.4 is 15.2 Å². The van der Waals surface area contributed by atoms with E-state index in [0.717, 1.165) is 12.1 Å². The molecule has 2 rings (SSSR count). The van der Waals surface area contributed by atoms with Crippen LogP contribution in [-0.2, 0) is 11.3 Å². The molecule has 1 aromatic carbocycles. The van der Waals surface area contributed by atoms with Gasteiger partial charge in [0.1, 0.15) is 11.5 Å². The lowest BCUT2D eigenvalue weighted by Gasteiger charge is -2.14. The Labute approximate surface area is 106 Å². The Morgan fingerprint density at radius 2 is 2.11 bits per heavy atom. The van der Waals surface area contributed by atoms with E-state index in [1.165, 1.54) is 0 Å². The van der Waals surface area contributed by atoms with Gasteiger partial charge in [-0.15, -0.1) is 0 Å². The second-order valence-corrected chi connectivity index (χ2v) is 4.38. The highest BCUT2D eigenvalue weighted by Gasteiger charge is 2.30. The molecule has 1 aliphatic rings. The Morgan fingerprint density at radius 1 is 1.39 bits per heavy atom. The van der Waals surface area contributed by atoms with Crippen molar-refractivity contribution in [3.05, 3.63) is 23.8 Å². The van der Waals surface area contributed by atoms with E-state index in [2.05, 4.69) is 0 Å². The van der Waals surface area contributed by atoms with Gasteiger partial charge in [-0.25, -0.2) is 0 Å². The van der Waals surface area contributed by atoms with Gasteiger partial charge in [0, 0.05) is 32.6 Å². The molecule has 0 aliphatic carbocycles. The summed E-state index contributed by atoms with van der Waals surface area (Å²) in [6, 6.07) is 5.47. The lowest BCUT2D eigenvalue weighted by atomic mass is 10.2. The molecule has 1 fully saturated rings. The number of likely N-dealkylation sites (tertiary alicyclic amines) is 1. The van der Waals surface area contributed by atoms with Gasteiger partial charge in [-0.1, -0.05) is 0 Å². The number of carbonyl (C=O) groups is 1. The summed E-state index contributed by atoms with van der Waals surface area (Å²) in [5, 5.41) is 0. The molecule has 1 aromatic rings. The number of ether oxygens (including phenoxy) is 2. The average molecular weight is 250 g/mol. The highest BCUT2D eigenvalue weighted by Crippen LogP contribution is 2.25. The Morgan fingerprint density at radius 3 is 2.67 bits per heavy atom. The van der Waals surface area contributed by atoms with Crippen molar-refractivity contribution >= 4 is 5.91 Å². The maximum absolute atomic E-state index is 11.8. The predicted molar refractivity (Wildman–Crippen MR) is 67.6 cm³/mol. The summed E-state index contributed by atoms with van der Waals surface area (Å²) < 4.78 is 10.9. The van der Waals surface area contributed by atoms with Gasteiger partial charge >= 0.3 is 0 Å². The van der Waals surface area contributed by atoms with E-state index >= 15 is 0 Å². The van der Waals surface area contributed by atoms with Crippen LogP contribution in [0.2, 0.25) is 0 Å². The minimum Gasteiger partial charge on any atom is -0.497 e. The quantitative estimate of drug-likeness (QED) is 0.857. The highest BCUT2D eigenvalue weighted by molar-refractivity contribution is 5.83. The summed E-state index contributed by atoms with van der Waals surface area (Å²) in [6.45, 7) is 1.14. The first kappa shape index (κ1) is 12.7. The molecule has 5 heteroatoms. The molecule has 1 saturated heterocycles. The third-order valence-corrected chi connectivity index (χ3v) is 3.07. The first-order valence-electron chi connectivity index (χ1n) is 5.93. The molecule has 0 spiro atoms. The van der Waals surface area contributed by atoms with Crippen LogP contribution in [0.15, 0.2) is 18.2 Å². The maximum Gasteiger partial charge on any atom is 0.263 e. The smallest absolute Gasteiger partial charge is 0.263 e. The molecule has 1 amide bonds. The lowest BCUT2D eigenvalue weighted by Crippen LogP contribution is -2.29. The average Bonchev–Trinajstić information content (AvgIpc) is 2.70. The molecule has 0 radical (unpaired) electrons. The van der Waals surface area contributed by atoms with Gasteiger partial charge in [0.2, 0.25) is 0 Å². The summed E-state index contributed by atoms with van der Waals surface area (Å²) in [7, 11) is 3.37. The number of hydrogen-bond donors (Lipinski definition) is 1. The molecule has 1 aliphatic heterocycles. The van der Waals surface area contributed by atoms with Gasteiger partial charge in [0.15, 0.2) is 6.10 Å².